The second-order valence-corrected chi connectivity index (χ2v) is 5.36. The van der Waals surface area contributed by atoms with Crippen LogP contribution in [0.3, 0.4) is 0 Å². The van der Waals surface area contributed by atoms with Crippen LogP contribution >= 0.6 is 0 Å². The van der Waals surface area contributed by atoms with E-state index >= 15 is 0 Å². The van der Waals surface area contributed by atoms with Crippen molar-refractivity contribution in [1.82, 2.24) is 25.9 Å². The maximum atomic E-state index is 12.1. The zero-order valence-electron chi connectivity index (χ0n) is 12.0. The van der Waals surface area contributed by atoms with Gasteiger partial charge >= 0.3 is 0 Å². The first kappa shape index (κ1) is 14.5. The van der Waals surface area contributed by atoms with Crippen LogP contribution in [0.15, 0.2) is 6.33 Å². The van der Waals surface area contributed by atoms with Crippen LogP contribution < -0.4 is 16.0 Å². The molecule has 1 aromatic heterocycles. The number of hydrogen-bond donors (Lipinski definition) is 4. The van der Waals surface area contributed by atoms with Gasteiger partial charge in [0.15, 0.2) is 0 Å². The second-order valence-electron chi connectivity index (χ2n) is 5.36. The molecule has 2 unspecified atom stereocenters. The lowest BCUT2D eigenvalue weighted by atomic mass is 10.0. The van der Waals surface area contributed by atoms with Crippen LogP contribution in [0.5, 0.6) is 0 Å². The van der Waals surface area contributed by atoms with Gasteiger partial charge in [0.25, 0.3) is 0 Å². The third kappa shape index (κ3) is 3.36. The van der Waals surface area contributed by atoms with Gasteiger partial charge in [0.05, 0.1) is 23.8 Å². The van der Waals surface area contributed by atoms with E-state index in [1.54, 1.807) is 13.3 Å². The Balaban J connectivity index is 1.88. The summed E-state index contributed by atoms with van der Waals surface area (Å²) in [4.78, 5) is 31.1. The average molecular weight is 279 g/mol. The molecule has 0 fully saturated rings. The highest BCUT2D eigenvalue weighted by molar-refractivity contribution is 5.89. The molecule has 20 heavy (non-hydrogen) atoms. The van der Waals surface area contributed by atoms with Crippen LogP contribution in [0.25, 0.3) is 0 Å². The van der Waals surface area contributed by atoms with Crippen LogP contribution in [0, 0.1) is 0 Å². The van der Waals surface area contributed by atoms with Gasteiger partial charge in [-0.1, -0.05) is 0 Å². The summed E-state index contributed by atoms with van der Waals surface area (Å²) in [5.41, 5.74) is 1.92. The van der Waals surface area contributed by atoms with Crippen molar-refractivity contribution in [3.63, 3.8) is 0 Å². The predicted octanol–water partition coefficient (Wildman–Crippen LogP) is -0.547. The first-order chi connectivity index (χ1) is 9.47. The van der Waals surface area contributed by atoms with Crippen LogP contribution in [0.4, 0.5) is 0 Å². The van der Waals surface area contributed by atoms with Crippen molar-refractivity contribution in [2.45, 2.75) is 51.9 Å². The number of rotatable bonds is 4. The van der Waals surface area contributed by atoms with Gasteiger partial charge < -0.3 is 15.6 Å². The van der Waals surface area contributed by atoms with Gasteiger partial charge in [-0.05, 0) is 20.8 Å². The SMILES string of the molecule is CC(C)NC(=O)C(C)NC(=O)C1Cc2nc[nH]c2CN1. The number of carbonyl (C=O) groups excluding carboxylic acids is 2. The van der Waals surface area contributed by atoms with Crippen molar-refractivity contribution in [2.75, 3.05) is 0 Å². The maximum Gasteiger partial charge on any atom is 0.242 e. The predicted molar refractivity (Wildman–Crippen MR) is 73.8 cm³/mol. The number of imidazole rings is 1. The smallest absolute Gasteiger partial charge is 0.242 e. The van der Waals surface area contributed by atoms with E-state index in [1.165, 1.54) is 0 Å². The lowest BCUT2D eigenvalue weighted by molar-refractivity contribution is -0.130. The van der Waals surface area contributed by atoms with Gasteiger partial charge in [-0.25, -0.2) is 4.98 Å². The van der Waals surface area contributed by atoms with Crippen molar-refractivity contribution in [3.05, 3.63) is 17.7 Å². The maximum absolute atomic E-state index is 12.1. The fourth-order valence-electron chi connectivity index (χ4n) is 2.14. The molecule has 2 atom stereocenters. The standard InChI is InChI=1S/C13H21N5O2/c1-7(2)17-12(19)8(3)18-13(20)10-4-9-11(5-14-10)16-6-15-9/h6-8,10,14H,4-5H2,1-3H3,(H,15,16)(H,17,19)(H,18,20). The lowest BCUT2D eigenvalue weighted by Gasteiger charge is -2.24. The molecular formula is C13H21N5O2. The van der Waals surface area contributed by atoms with Crippen LogP contribution in [-0.4, -0.2) is 39.9 Å². The molecule has 0 saturated heterocycles. The minimum Gasteiger partial charge on any atom is -0.352 e. The molecule has 7 nitrogen and oxygen atoms in total. The lowest BCUT2D eigenvalue weighted by Crippen LogP contribution is -2.54. The Bertz CT molecular complexity index is 497. The molecule has 2 amide bonds. The van der Waals surface area contributed by atoms with Gasteiger partial charge in [0.2, 0.25) is 11.8 Å². The highest BCUT2D eigenvalue weighted by Gasteiger charge is 2.27. The number of carbonyl (C=O) groups is 2. The minimum absolute atomic E-state index is 0.0567. The normalized spacial score (nSPS) is 19.3. The van der Waals surface area contributed by atoms with Gasteiger partial charge in [-0.15, -0.1) is 0 Å². The van der Waals surface area contributed by atoms with Crippen molar-refractivity contribution in [3.8, 4) is 0 Å². The van der Waals surface area contributed by atoms with E-state index in [1.807, 2.05) is 13.8 Å². The first-order valence-electron chi connectivity index (χ1n) is 6.82. The molecular weight excluding hydrogens is 258 g/mol. The van der Waals surface area contributed by atoms with E-state index in [0.29, 0.717) is 13.0 Å². The number of aromatic amines is 1. The topological polar surface area (TPSA) is 98.9 Å². The molecule has 4 N–H and O–H groups in total. The molecule has 1 aliphatic heterocycles. The molecule has 2 heterocycles. The monoisotopic (exact) mass is 279 g/mol. The second kappa shape index (κ2) is 6.04. The highest BCUT2D eigenvalue weighted by Crippen LogP contribution is 2.12. The zero-order valence-corrected chi connectivity index (χ0v) is 12.0. The Kier molecular flexibility index (Phi) is 4.39. The van der Waals surface area contributed by atoms with Crippen molar-refractivity contribution in [2.24, 2.45) is 0 Å². The summed E-state index contributed by atoms with van der Waals surface area (Å²) < 4.78 is 0. The van der Waals surface area contributed by atoms with E-state index in [9.17, 15) is 9.59 Å². The summed E-state index contributed by atoms with van der Waals surface area (Å²) in [6.07, 6.45) is 2.16. The fourth-order valence-corrected chi connectivity index (χ4v) is 2.14. The Morgan fingerprint density at radius 3 is 2.80 bits per heavy atom. The fraction of sp³-hybridized carbons (Fsp3) is 0.615. The third-order valence-electron chi connectivity index (χ3n) is 3.23. The Morgan fingerprint density at radius 2 is 2.10 bits per heavy atom. The average Bonchev–Trinajstić information content (AvgIpc) is 2.84. The van der Waals surface area contributed by atoms with Crippen LogP contribution in [-0.2, 0) is 22.6 Å². The van der Waals surface area contributed by atoms with Gasteiger partial charge in [0, 0.05) is 19.0 Å². The Labute approximate surface area is 117 Å². The van der Waals surface area contributed by atoms with E-state index in [4.69, 9.17) is 0 Å². The van der Waals surface area contributed by atoms with E-state index in [-0.39, 0.29) is 23.9 Å². The van der Waals surface area contributed by atoms with Crippen LogP contribution in [0.2, 0.25) is 0 Å². The molecule has 0 aromatic carbocycles. The summed E-state index contributed by atoms with van der Waals surface area (Å²) in [7, 11) is 0. The summed E-state index contributed by atoms with van der Waals surface area (Å²) >= 11 is 0. The summed E-state index contributed by atoms with van der Waals surface area (Å²) in [6, 6.07) is -0.839. The molecule has 0 saturated carbocycles. The summed E-state index contributed by atoms with van der Waals surface area (Å²) in [6.45, 7) is 6.03. The molecule has 2 rings (SSSR count). The number of nitrogens with zero attached hydrogens (tertiary/aromatic N) is 1. The zero-order chi connectivity index (χ0) is 14.7. The van der Waals surface area contributed by atoms with Crippen molar-refractivity contribution >= 4 is 11.8 Å². The number of aromatic nitrogens is 2. The van der Waals surface area contributed by atoms with E-state index in [0.717, 1.165) is 11.4 Å². The Morgan fingerprint density at radius 1 is 1.35 bits per heavy atom. The number of H-pyrrole nitrogens is 1. The van der Waals surface area contributed by atoms with Crippen molar-refractivity contribution in [1.29, 1.82) is 0 Å². The summed E-state index contributed by atoms with van der Waals surface area (Å²) in [5.74, 6) is -0.352. The molecule has 0 bridgehead atoms. The van der Waals surface area contributed by atoms with Crippen molar-refractivity contribution < 1.29 is 9.59 Å². The number of fused-ring (bicyclic) bond motifs is 1. The number of nitrogens with one attached hydrogen (secondary N) is 4. The first-order valence-corrected chi connectivity index (χ1v) is 6.82. The van der Waals surface area contributed by atoms with Gasteiger partial charge in [0.1, 0.15) is 6.04 Å². The highest BCUT2D eigenvalue weighted by atomic mass is 16.2. The quantitative estimate of drug-likeness (QED) is 0.594. The molecule has 0 radical (unpaired) electrons. The minimum atomic E-state index is -0.549. The molecule has 1 aliphatic rings. The number of amides is 2. The van der Waals surface area contributed by atoms with Gasteiger partial charge in [-0.3, -0.25) is 14.9 Å². The van der Waals surface area contributed by atoms with E-state index in [2.05, 4.69) is 25.9 Å². The molecule has 7 heteroatoms. The molecule has 0 aliphatic carbocycles. The molecule has 0 spiro atoms. The van der Waals surface area contributed by atoms with Gasteiger partial charge in [-0.2, -0.15) is 0 Å². The largest absolute Gasteiger partial charge is 0.352 e. The Hall–Kier alpha value is -1.89. The summed E-state index contributed by atoms with van der Waals surface area (Å²) in [5, 5.41) is 8.63. The molecule has 110 valence electrons. The van der Waals surface area contributed by atoms with E-state index < -0.39 is 6.04 Å². The number of hydrogen-bond acceptors (Lipinski definition) is 4. The van der Waals surface area contributed by atoms with Crippen LogP contribution in [0.1, 0.15) is 32.2 Å². The molecule has 1 aromatic rings. The third-order valence-corrected chi connectivity index (χ3v) is 3.23.